The molecular formula is C23H21N5. The molecule has 3 aromatic rings. The van der Waals surface area contributed by atoms with Crippen LogP contribution in [0.4, 0.5) is 5.69 Å². The molecule has 28 heavy (non-hydrogen) atoms. The van der Waals surface area contributed by atoms with Crippen LogP contribution in [0.25, 0.3) is 11.1 Å². The van der Waals surface area contributed by atoms with Crippen molar-refractivity contribution in [1.29, 1.82) is 10.8 Å². The average Bonchev–Trinajstić information content (AvgIpc) is 2.98. The fourth-order valence-corrected chi connectivity index (χ4v) is 3.39. The lowest BCUT2D eigenvalue weighted by atomic mass is 10.0. The number of benzene rings is 3. The highest BCUT2D eigenvalue weighted by atomic mass is 15.2. The lowest BCUT2D eigenvalue weighted by Gasteiger charge is -2.18. The number of anilines is 1. The molecule has 0 bridgehead atoms. The number of nitrogens with one attached hydrogen (secondary N) is 2. The van der Waals surface area contributed by atoms with Crippen molar-refractivity contribution < 1.29 is 0 Å². The highest BCUT2D eigenvalue weighted by Crippen LogP contribution is 2.30. The summed E-state index contributed by atoms with van der Waals surface area (Å²) in [6.45, 7) is 2.07. The largest absolute Gasteiger partial charge is 0.384 e. The van der Waals surface area contributed by atoms with Crippen molar-refractivity contribution in [2.45, 2.75) is 6.92 Å². The number of amidine groups is 3. The number of hydrogen-bond donors (Lipinski definition) is 3. The highest BCUT2D eigenvalue weighted by Gasteiger charge is 2.31. The summed E-state index contributed by atoms with van der Waals surface area (Å²) >= 11 is 0. The number of nitrogens with two attached hydrogens (primary N) is 1. The molecule has 4 rings (SSSR count). The number of nitrogens with zero attached hydrogens (tertiary/aromatic N) is 2. The summed E-state index contributed by atoms with van der Waals surface area (Å²) in [7, 11) is 1.64. The molecule has 0 saturated heterocycles. The first kappa shape index (κ1) is 17.7. The van der Waals surface area contributed by atoms with Gasteiger partial charge < -0.3 is 5.73 Å². The van der Waals surface area contributed by atoms with E-state index in [0.717, 1.165) is 27.9 Å². The smallest absolute Gasteiger partial charge is 0.139 e. The summed E-state index contributed by atoms with van der Waals surface area (Å²) in [5.41, 5.74) is 12.3. The maximum atomic E-state index is 8.60. The minimum Gasteiger partial charge on any atom is -0.384 e. The molecule has 0 fully saturated rings. The zero-order valence-corrected chi connectivity index (χ0v) is 15.8. The minimum absolute atomic E-state index is 0.272. The number of hydrogen-bond acceptors (Lipinski definition) is 3. The zero-order chi connectivity index (χ0) is 19.8. The van der Waals surface area contributed by atoms with Crippen molar-refractivity contribution >= 4 is 23.2 Å². The van der Waals surface area contributed by atoms with Crippen LogP contribution < -0.4 is 10.6 Å². The lowest BCUT2D eigenvalue weighted by molar-refractivity contribution is 1.33. The average molecular weight is 367 g/mol. The molecule has 1 heterocycles. The van der Waals surface area contributed by atoms with E-state index in [-0.39, 0.29) is 5.84 Å². The maximum Gasteiger partial charge on any atom is 0.139 e. The van der Waals surface area contributed by atoms with Crippen LogP contribution in [0.2, 0.25) is 0 Å². The van der Waals surface area contributed by atoms with Gasteiger partial charge in [0.2, 0.25) is 0 Å². The van der Waals surface area contributed by atoms with Crippen molar-refractivity contribution in [2.75, 3.05) is 11.9 Å². The zero-order valence-electron chi connectivity index (χ0n) is 15.8. The van der Waals surface area contributed by atoms with Gasteiger partial charge in [0.15, 0.2) is 0 Å². The van der Waals surface area contributed by atoms with Crippen LogP contribution in [0, 0.1) is 17.7 Å². The van der Waals surface area contributed by atoms with Gasteiger partial charge in [-0.25, -0.2) is 0 Å². The van der Waals surface area contributed by atoms with Crippen LogP contribution in [-0.2, 0) is 0 Å². The summed E-state index contributed by atoms with van der Waals surface area (Å²) in [6, 6.07) is 21.8. The number of aryl methyl sites for hydroxylation is 1. The second-order valence-corrected chi connectivity index (χ2v) is 6.81. The Labute approximate surface area is 164 Å². The Morgan fingerprint density at radius 2 is 1.39 bits per heavy atom. The maximum absolute atomic E-state index is 8.60. The van der Waals surface area contributed by atoms with Gasteiger partial charge in [0.05, 0.1) is 0 Å². The second-order valence-electron chi connectivity index (χ2n) is 6.81. The molecule has 1 aliphatic heterocycles. The summed E-state index contributed by atoms with van der Waals surface area (Å²) in [6.07, 6.45) is 0. The summed E-state index contributed by atoms with van der Waals surface area (Å²) in [5.74, 6) is 0.985. The van der Waals surface area contributed by atoms with Gasteiger partial charge in [0, 0.05) is 29.4 Å². The van der Waals surface area contributed by atoms with Crippen LogP contribution in [-0.4, -0.2) is 24.6 Å². The van der Waals surface area contributed by atoms with Crippen molar-refractivity contribution in [3.63, 3.8) is 0 Å². The third-order valence-electron chi connectivity index (χ3n) is 5.02. The van der Waals surface area contributed by atoms with E-state index in [9.17, 15) is 0 Å². The van der Waals surface area contributed by atoms with Crippen LogP contribution in [0.1, 0.15) is 22.3 Å². The van der Waals surface area contributed by atoms with E-state index >= 15 is 0 Å². The van der Waals surface area contributed by atoms with E-state index in [1.165, 1.54) is 5.56 Å². The second kappa shape index (κ2) is 6.78. The van der Waals surface area contributed by atoms with Gasteiger partial charge in [0.25, 0.3) is 0 Å². The Hall–Kier alpha value is -3.73. The Kier molecular flexibility index (Phi) is 4.28. The van der Waals surface area contributed by atoms with E-state index in [4.69, 9.17) is 16.6 Å². The van der Waals surface area contributed by atoms with Gasteiger partial charge in [-0.05, 0) is 42.3 Å². The van der Waals surface area contributed by atoms with Crippen molar-refractivity contribution in [3.05, 3.63) is 89.0 Å². The first-order valence-electron chi connectivity index (χ1n) is 9.01. The third-order valence-corrected chi connectivity index (χ3v) is 5.02. The Morgan fingerprint density at radius 3 is 2.00 bits per heavy atom. The van der Waals surface area contributed by atoms with E-state index in [1.54, 1.807) is 11.9 Å². The van der Waals surface area contributed by atoms with Gasteiger partial charge in [-0.15, -0.1) is 0 Å². The van der Waals surface area contributed by atoms with E-state index in [2.05, 4.69) is 36.2 Å². The quantitative estimate of drug-likeness (QED) is 0.479. The Bertz CT molecular complexity index is 1110. The van der Waals surface area contributed by atoms with Crippen molar-refractivity contribution in [3.8, 4) is 11.1 Å². The standard InChI is InChI=1S/C23H21N5/c1-14-3-5-15(6-4-14)16-7-10-18(11-8-16)28-22(25)19-12-9-17(21(24)27-2)13-20(19)23(28)26/h3-13,25-26H,1-2H3,(H2,24,27). The molecule has 0 unspecified atom stereocenters. The molecule has 0 aliphatic carbocycles. The topological polar surface area (TPSA) is 89.3 Å². The van der Waals surface area contributed by atoms with Crippen LogP contribution in [0.3, 0.4) is 0 Å². The van der Waals surface area contributed by atoms with Gasteiger partial charge >= 0.3 is 0 Å². The monoisotopic (exact) mass is 367 g/mol. The molecule has 138 valence electrons. The molecule has 0 radical (unpaired) electrons. The number of aliphatic imine (C=N–C) groups is 1. The molecule has 0 saturated carbocycles. The van der Waals surface area contributed by atoms with Gasteiger partial charge in [-0.2, -0.15) is 0 Å². The normalized spacial score (nSPS) is 13.8. The Morgan fingerprint density at radius 1 is 0.821 bits per heavy atom. The van der Waals surface area contributed by atoms with Crippen LogP contribution in [0.5, 0.6) is 0 Å². The van der Waals surface area contributed by atoms with Gasteiger partial charge in [-0.1, -0.05) is 48.0 Å². The molecule has 4 N–H and O–H groups in total. The predicted molar refractivity (Wildman–Crippen MR) is 116 cm³/mol. The van der Waals surface area contributed by atoms with Gasteiger partial charge in [-0.3, -0.25) is 20.7 Å². The predicted octanol–water partition coefficient (Wildman–Crippen LogP) is 4.17. The van der Waals surface area contributed by atoms with Gasteiger partial charge in [0.1, 0.15) is 17.5 Å². The molecule has 0 amide bonds. The Balaban J connectivity index is 1.67. The molecule has 0 atom stereocenters. The molecule has 0 aromatic heterocycles. The minimum atomic E-state index is 0.272. The molecular weight excluding hydrogens is 346 g/mol. The fraction of sp³-hybridized carbons (Fsp3) is 0.0870. The number of fused-ring (bicyclic) bond motifs is 1. The van der Waals surface area contributed by atoms with Crippen molar-refractivity contribution in [2.24, 2.45) is 10.7 Å². The van der Waals surface area contributed by atoms with Crippen LogP contribution >= 0.6 is 0 Å². The van der Waals surface area contributed by atoms with E-state index in [0.29, 0.717) is 17.2 Å². The summed E-state index contributed by atoms with van der Waals surface area (Å²) in [4.78, 5) is 5.65. The molecule has 0 spiro atoms. The van der Waals surface area contributed by atoms with Crippen LogP contribution in [0.15, 0.2) is 71.7 Å². The number of rotatable bonds is 3. The molecule has 1 aliphatic rings. The third kappa shape index (κ3) is 2.87. The first-order chi connectivity index (χ1) is 13.5. The van der Waals surface area contributed by atoms with E-state index < -0.39 is 0 Å². The van der Waals surface area contributed by atoms with Crippen molar-refractivity contribution in [1.82, 2.24) is 0 Å². The molecule has 5 nitrogen and oxygen atoms in total. The molecule has 3 aromatic carbocycles. The molecule has 5 heteroatoms. The highest BCUT2D eigenvalue weighted by molar-refractivity contribution is 6.36. The lowest BCUT2D eigenvalue weighted by Crippen LogP contribution is -2.29. The first-order valence-corrected chi connectivity index (χ1v) is 9.01. The SMILES string of the molecule is CN=C(N)c1ccc2c(c1)C(=N)N(c1ccc(-c3ccc(C)cc3)cc1)C2=N. The fourth-order valence-electron chi connectivity index (χ4n) is 3.39. The summed E-state index contributed by atoms with van der Waals surface area (Å²) < 4.78 is 0. The van der Waals surface area contributed by atoms with E-state index in [1.807, 2.05) is 42.5 Å². The summed E-state index contributed by atoms with van der Waals surface area (Å²) in [5, 5.41) is 17.1.